The van der Waals surface area contributed by atoms with Gasteiger partial charge in [0.25, 0.3) is 5.91 Å². The molecule has 0 spiro atoms. The molecule has 3 rings (SSSR count). The van der Waals surface area contributed by atoms with Crippen LogP contribution >= 0.6 is 0 Å². The number of nitrogens with one attached hydrogen (secondary N) is 1. The third-order valence-electron chi connectivity index (χ3n) is 3.73. The molecule has 0 aliphatic heterocycles. The van der Waals surface area contributed by atoms with Crippen LogP contribution < -0.4 is 5.43 Å². The average Bonchev–Trinajstić information content (AvgIpc) is 3.17. The van der Waals surface area contributed by atoms with E-state index in [1.54, 1.807) is 30.5 Å². The van der Waals surface area contributed by atoms with Crippen LogP contribution in [0.25, 0.3) is 5.69 Å². The number of tetrazole rings is 1. The Labute approximate surface area is 145 Å². The minimum atomic E-state index is -0.279. The second kappa shape index (κ2) is 7.48. The predicted octanol–water partition coefficient (Wildman–Crippen LogP) is 2.55. The summed E-state index contributed by atoms with van der Waals surface area (Å²) in [7, 11) is 0. The summed E-state index contributed by atoms with van der Waals surface area (Å²) in [4.78, 5) is 12.1. The lowest BCUT2D eigenvalue weighted by Gasteiger charge is -2.04. The SMILES string of the molecule is CC(C)c1ccc(C=NNC(=O)c2ccc(-n3cnnn3)cc2)cc1. The normalized spacial score (nSPS) is 11.2. The van der Waals surface area contributed by atoms with Gasteiger partial charge in [0.05, 0.1) is 11.9 Å². The molecule has 1 aromatic heterocycles. The highest BCUT2D eigenvalue weighted by Gasteiger charge is 2.05. The number of carbonyl (C=O) groups is 1. The number of aromatic nitrogens is 4. The molecule has 0 unspecified atom stereocenters. The Balaban J connectivity index is 1.60. The van der Waals surface area contributed by atoms with Gasteiger partial charge in [0.15, 0.2) is 0 Å². The average molecular weight is 334 g/mol. The van der Waals surface area contributed by atoms with Crippen LogP contribution in [0.3, 0.4) is 0 Å². The van der Waals surface area contributed by atoms with E-state index >= 15 is 0 Å². The first-order valence-corrected chi connectivity index (χ1v) is 7.90. The first kappa shape index (κ1) is 16.5. The van der Waals surface area contributed by atoms with E-state index in [9.17, 15) is 4.79 Å². The monoisotopic (exact) mass is 334 g/mol. The zero-order valence-electron chi connectivity index (χ0n) is 14.0. The smallest absolute Gasteiger partial charge is 0.267 e. The van der Waals surface area contributed by atoms with Crippen molar-refractivity contribution in [1.82, 2.24) is 25.6 Å². The summed E-state index contributed by atoms with van der Waals surface area (Å²) in [5.41, 5.74) is 6.00. The standard InChI is InChI=1S/C18H18N6O/c1-13(2)15-5-3-14(4-6-15)11-19-21-18(25)16-7-9-17(10-8-16)24-12-20-22-23-24/h3-13H,1-2H3,(H,21,25). The molecule has 25 heavy (non-hydrogen) atoms. The molecule has 0 bridgehead atoms. The lowest BCUT2D eigenvalue weighted by molar-refractivity contribution is 0.0955. The molecule has 2 aromatic carbocycles. The van der Waals surface area contributed by atoms with Crippen molar-refractivity contribution >= 4 is 12.1 Å². The fraction of sp³-hybridized carbons (Fsp3) is 0.167. The number of hydrogen-bond acceptors (Lipinski definition) is 5. The summed E-state index contributed by atoms with van der Waals surface area (Å²) in [6.07, 6.45) is 3.11. The number of hydrazone groups is 1. The van der Waals surface area contributed by atoms with Gasteiger partial charge in [-0.25, -0.2) is 10.1 Å². The van der Waals surface area contributed by atoms with Gasteiger partial charge in [0, 0.05) is 5.56 Å². The topological polar surface area (TPSA) is 85.1 Å². The van der Waals surface area contributed by atoms with E-state index in [1.807, 2.05) is 12.1 Å². The van der Waals surface area contributed by atoms with E-state index in [4.69, 9.17) is 0 Å². The van der Waals surface area contributed by atoms with Crippen molar-refractivity contribution in [3.05, 3.63) is 71.5 Å². The maximum atomic E-state index is 12.1. The summed E-state index contributed by atoms with van der Waals surface area (Å²) < 4.78 is 1.51. The summed E-state index contributed by atoms with van der Waals surface area (Å²) in [5.74, 6) is 0.209. The molecule has 0 radical (unpaired) electrons. The van der Waals surface area contributed by atoms with Gasteiger partial charge in [-0.05, 0) is 51.7 Å². The van der Waals surface area contributed by atoms with Crippen molar-refractivity contribution in [2.75, 3.05) is 0 Å². The van der Waals surface area contributed by atoms with Crippen LogP contribution in [0.1, 0.15) is 41.3 Å². The number of amides is 1. The van der Waals surface area contributed by atoms with Crippen LogP contribution in [0, 0.1) is 0 Å². The zero-order valence-corrected chi connectivity index (χ0v) is 14.0. The van der Waals surface area contributed by atoms with Crippen molar-refractivity contribution in [1.29, 1.82) is 0 Å². The van der Waals surface area contributed by atoms with Gasteiger partial charge in [-0.3, -0.25) is 4.79 Å². The minimum absolute atomic E-state index is 0.279. The fourth-order valence-electron chi connectivity index (χ4n) is 2.24. The maximum absolute atomic E-state index is 12.1. The molecule has 0 aliphatic carbocycles. The van der Waals surface area contributed by atoms with Crippen molar-refractivity contribution in [3.63, 3.8) is 0 Å². The highest BCUT2D eigenvalue weighted by atomic mass is 16.2. The first-order valence-electron chi connectivity index (χ1n) is 7.90. The first-order chi connectivity index (χ1) is 12.1. The quantitative estimate of drug-likeness (QED) is 0.574. The summed E-state index contributed by atoms with van der Waals surface area (Å²) in [6.45, 7) is 4.29. The Morgan fingerprint density at radius 3 is 2.44 bits per heavy atom. The third kappa shape index (κ3) is 4.14. The molecule has 7 nitrogen and oxygen atoms in total. The van der Waals surface area contributed by atoms with Crippen molar-refractivity contribution in [2.24, 2.45) is 5.10 Å². The number of carbonyl (C=O) groups excluding carboxylic acids is 1. The zero-order chi connectivity index (χ0) is 17.6. The Hall–Kier alpha value is -3.35. The van der Waals surface area contributed by atoms with E-state index in [2.05, 4.69) is 52.0 Å². The molecule has 126 valence electrons. The summed E-state index contributed by atoms with van der Waals surface area (Å²) >= 11 is 0. The number of nitrogens with zero attached hydrogens (tertiary/aromatic N) is 5. The van der Waals surface area contributed by atoms with Crippen LogP contribution in [-0.2, 0) is 0 Å². The lowest BCUT2D eigenvalue weighted by atomic mass is 10.0. The molecule has 3 aromatic rings. The van der Waals surface area contributed by atoms with Crippen molar-refractivity contribution < 1.29 is 4.79 Å². The van der Waals surface area contributed by atoms with Crippen LogP contribution in [0.5, 0.6) is 0 Å². The van der Waals surface area contributed by atoms with E-state index < -0.39 is 0 Å². The molecule has 0 saturated carbocycles. The number of hydrogen-bond donors (Lipinski definition) is 1. The second-order valence-corrected chi connectivity index (χ2v) is 5.82. The van der Waals surface area contributed by atoms with Gasteiger partial charge in [0.2, 0.25) is 0 Å². The highest BCUT2D eigenvalue weighted by molar-refractivity contribution is 5.95. The molecule has 1 heterocycles. The molecule has 1 amide bonds. The van der Waals surface area contributed by atoms with E-state index in [0.29, 0.717) is 11.5 Å². The molecule has 0 aliphatic rings. The van der Waals surface area contributed by atoms with Crippen LogP contribution in [0.2, 0.25) is 0 Å². The van der Waals surface area contributed by atoms with Gasteiger partial charge in [-0.2, -0.15) is 5.10 Å². The van der Waals surface area contributed by atoms with Gasteiger partial charge in [0.1, 0.15) is 6.33 Å². The molecule has 0 atom stereocenters. The molecule has 0 fully saturated rings. The number of rotatable bonds is 5. The summed E-state index contributed by atoms with van der Waals surface area (Å²) in [5, 5.41) is 14.9. The van der Waals surface area contributed by atoms with Crippen molar-refractivity contribution in [3.8, 4) is 5.69 Å². The molecular weight excluding hydrogens is 316 g/mol. The predicted molar refractivity (Wildman–Crippen MR) is 94.7 cm³/mol. The van der Waals surface area contributed by atoms with E-state index in [0.717, 1.165) is 11.3 Å². The van der Waals surface area contributed by atoms with Gasteiger partial charge < -0.3 is 0 Å². The van der Waals surface area contributed by atoms with Gasteiger partial charge >= 0.3 is 0 Å². The molecule has 7 heteroatoms. The third-order valence-corrected chi connectivity index (χ3v) is 3.73. The largest absolute Gasteiger partial charge is 0.271 e. The number of benzene rings is 2. The molecule has 1 N–H and O–H groups in total. The van der Waals surface area contributed by atoms with Gasteiger partial charge in [-0.1, -0.05) is 38.1 Å². The maximum Gasteiger partial charge on any atom is 0.271 e. The summed E-state index contributed by atoms with van der Waals surface area (Å²) in [6, 6.07) is 15.0. The fourth-order valence-corrected chi connectivity index (χ4v) is 2.24. The Morgan fingerprint density at radius 1 is 1.12 bits per heavy atom. The van der Waals surface area contributed by atoms with Crippen LogP contribution in [0.4, 0.5) is 0 Å². The molecule has 0 saturated heterocycles. The van der Waals surface area contributed by atoms with Crippen molar-refractivity contribution in [2.45, 2.75) is 19.8 Å². The van der Waals surface area contributed by atoms with E-state index in [-0.39, 0.29) is 5.91 Å². The van der Waals surface area contributed by atoms with Gasteiger partial charge in [-0.15, -0.1) is 5.10 Å². The van der Waals surface area contributed by atoms with E-state index in [1.165, 1.54) is 16.6 Å². The highest BCUT2D eigenvalue weighted by Crippen LogP contribution is 2.13. The van der Waals surface area contributed by atoms with Crippen LogP contribution in [0.15, 0.2) is 60.0 Å². The minimum Gasteiger partial charge on any atom is -0.267 e. The lowest BCUT2D eigenvalue weighted by Crippen LogP contribution is -2.17. The Bertz CT molecular complexity index is 852. The second-order valence-electron chi connectivity index (χ2n) is 5.82. The van der Waals surface area contributed by atoms with Crippen LogP contribution in [-0.4, -0.2) is 32.3 Å². The molecular formula is C18H18N6O. The Morgan fingerprint density at radius 2 is 1.84 bits per heavy atom. The Kier molecular flexibility index (Phi) is 4.94.